The number of carbonyl (C=O) groups excluding carboxylic acids is 1. The molecule has 0 aliphatic rings. The maximum absolute atomic E-state index is 11.5. The molecule has 0 aliphatic heterocycles. The molecule has 9 nitrogen and oxygen atoms in total. The number of aromatic nitrogens is 2. The van der Waals surface area contributed by atoms with Crippen molar-refractivity contribution in [3.8, 4) is 0 Å². The molecule has 19 heavy (non-hydrogen) atoms. The summed E-state index contributed by atoms with van der Waals surface area (Å²) in [5.74, 6) is -3.23. The second kappa shape index (κ2) is 6.66. The van der Waals surface area contributed by atoms with Crippen molar-refractivity contribution in [3.63, 3.8) is 0 Å². The van der Waals surface area contributed by atoms with Crippen molar-refractivity contribution in [1.82, 2.24) is 9.97 Å². The molecule has 0 saturated carbocycles. The number of carboxylic acids is 2. The summed E-state index contributed by atoms with van der Waals surface area (Å²) >= 11 is 0. The van der Waals surface area contributed by atoms with E-state index in [0.717, 1.165) is 13.8 Å². The van der Waals surface area contributed by atoms with Gasteiger partial charge in [0, 0.05) is 0 Å². The van der Waals surface area contributed by atoms with E-state index in [-0.39, 0.29) is 35.0 Å². The van der Waals surface area contributed by atoms with Crippen LogP contribution in [0.15, 0.2) is 9.59 Å². The topological polar surface area (TPSA) is 175 Å². The quantitative estimate of drug-likeness (QED) is 0.465. The zero-order chi connectivity index (χ0) is 13.4. The van der Waals surface area contributed by atoms with Gasteiger partial charge in [0.15, 0.2) is 0 Å². The van der Waals surface area contributed by atoms with Gasteiger partial charge < -0.3 is 25.5 Å². The number of H-pyrrole nitrogens is 2. The minimum Gasteiger partial charge on any atom is -0.543 e. The largest absolute Gasteiger partial charge is 1.00 e. The van der Waals surface area contributed by atoms with Crippen LogP contribution in [-0.2, 0) is 10.2 Å². The first-order valence-electron chi connectivity index (χ1n) is 4.49. The summed E-state index contributed by atoms with van der Waals surface area (Å²) in [5, 5.41) is 19.7. The third kappa shape index (κ3) is 3.77. The van der Waals surface area contributed by atoms with E-state index in [0.29, 0.717) is 0 Å². The maximum Gasteiger partial charge on any atom is 1.00 e. The molecule has 0 unspecified atom stereocenters. The maximum atomic E-state index is 11.5. The number of carbonyl (C=O) groups is 2. The Morgan fingerprint density at radius 1 is 1.21 bits per heavy atom. The van der Waals surface area contributed by atoms with E-state index in [4.69, 9.17) is 5.11 Å². The van der Waals surface area contributed by atoms with E-state index >= 15 is 0 Å². The third-order valence-corrected chi connectivity index (χ3v) is 2.31. The number of aromatic amines is 2. The minimum absolute atomic E-state index is 0. The predicted octanol–water partition coefficient (Wildman–Crippen LogP) is -6.03. The Morgan fingerprint density at radius 3 is 2.05 bits per heavy atom. The Morgan fingerprint density at radius 2 is 1.68 bits per heavy atom. The van der Waals surface area contributed by atoms with Gasteiger partial charge in [-0.1, -0.05) is 0 Å². The number of nitrogens with one attached hydrogen (secondary N) is 2. The standard InChI is InChI=1S/C9H10N2O6.Na.H2O/c1-9(2,7(15)16)3-4(6(13)14)10-8(17)11-5(3)12;;/h1-2H3,(H,13,14)(H,15,16)(H2,10,11,12,17);;1H2/q;+1;/p-1. The molecule has 0 spiro atoms. The van der Waals surface area contributed by atoms with Crippen LogP contribution < -0.4 is 45.9 Å². The molecular formula is C9H11N2NaO7. The molecule has 0 aromatic carbocycles. The number of rotatable bonds is 3. The monoisotopic (exact) mass is 282 g/mol. The Balaban J connectivity index is 0. The van der Waals surface area contributed by atoms with Gasteiger partial charge in [-0.25, -0.2) is 4.79 Å². The van der Waals surface area contributed by atoms with Gasteiger partial charge in [0.1, 0.15) is 0 Å². The molecule has 0 aliphatic carbocycles. The van der Waals surface area contributed by atoms with Crippen LogP contribution in [0, 0.1) is 0 Å². The van der Waals surface area contributed by atoms with Crippen LogP contribution >= 0.6 is 0 Å². The second-order valence-electron chi connectivity index (χ2n) is 3.88. The fraction of sp³-hybridized carbons (Fsp3) is 0.333. The van der Waals surface area contributed by atoms with Gasteiger partial charge in [-0.3, -0.25) is 14.6 Å². The first-order valence-corrected chi connectivity index (χ1v) is 4.49. The van der Waals surface area contributed by atoms with Gasteiger partial charge in [0.2, 0.25) is 0 Å². The Hall–Kier alpha value is -1.42. The van der Waals surface area contributed by atoms with Crippen LogP contribution in [0.3, 0.4) is 0 Å². The zero-order valence-electron chi connectivity index (χ0n) is 10.5. The number of carboxylic acid groups (broad SMARTS) is 2. The molecule has 1 rings (SSSR count). The minimum atomic E-state index is -1.82. The van der Waals surface area contributed by atoms with Gasteiger partial charge in [0.25, 0.3) is 5.56 Å². The molecule has 1 aromatic heterocycles. The average molecular weight is 282 g/mol. The second-order valence-corrected chi connectivity index (χ2v) is 3.88. The molecule has 0 bridgehead atoms. The van der Waals surface area contributed by atoms with Crippen molar-refractivity contribution in [1.29, 1.82) is 0 Å². The van der Waals surface area contributed by atoms with Crippen LogP contribution in [-0.4, -0.2) is 32.5 Å². The van der Waals surface area contributed by atoms with Gasteiger partial charge in [-0.05, 0) is 13.8 Å². The van der Waals surface area contributed by atoms with Crippen LogP contribution in [0.2, 0.25) is 0 Å². The fourth-order valence-electron chi connectivity index (χ4n) is 1.34. The van der Waals surface area contributed by atoms with E-state index in [1.807, 2.05) is 4.98 Å². The Bertz CT molecular complexity index is 601. The normalized spacial score (nSPS) is 10.0. The van der Waals surface area contributed by atoms with Crippen molar-refractivity contribution in [2.45, 2.75) is 19.3 Å². The van der Waals surface area contributed by atoms with Crippen LogP contribution in [0.5, 0.6) is 0 Å². The van der Waals surface area contributed by atoms with Gasteiger partial charge in [0.05, 0.1) is 22.6 Å². The summed E-state index contributed by atoms with van der Waals surface area (Å²) < 4.78 is 0. The van der Waals surface area contributed by atoms with Crippen molar-refractivity contribution in [2.75, 3.05) is 0 Å². The van der Waals surface area contributed by atoms with E-state index in [1.54, 1.807) is 4.98 Å². The number of aliphatic carboxylic acids is 1. The van der Waals surface area contributed by atoms with Gasteiger partial charge in [-0.15, -0.1) is 0 Å². The molecule has 0 radical (unpaired) electrons. The van der Waals surface area contributed by atoms with Crippen LogP contribution in [0.25, 0.3) is 0 Å². The SMILES string of the molecule is CC(C)(C(=O)O)c1c(C(=O)[O-])[nH]c(=O)[nH]c1=O.O.[Na+]. The summed E-state index contributed by atoms with van der Waals surface area (Å²) in [6, 6.07) is 0. The molecule has 1 heterocycles. The van der Waals surface area contributed by atoms with E-state index < -0.39 is 39.9 Å². The predicted molar refractivity (Wildman–Crippen MR) is 56.3 cm³/mol. The molecule has 5 N–H and O–H groups in total. The van der Waals surface area contributed by atoms with E-state index in [1.165, 1.54) is 0 Å². The molecule has 100 valence electrons. The number of aromatic carboxylic acids is 1. The zero-order valence-corrected chi connectivity index (χ0v) is 12.5. The Kier molecular flexibility index (Phi) is 6.98. The third-order valence-electron chi connectivity index (χ3n) is 2.31. The first-order chi connectivity index (χ1) is 7.67. The summed E-state index contributed by atoms with van der Waals surface area (Å²) in [5.41, 5.74) is -5.28. The number of hydrogen-bond donors (Lipinski definition) is 3. The van der Waals surface area contributed by atoms with E-state index in [2.05, 4.69) is 0 Å². The fourth-order valence-corrected chi connectivity index (χ4v) is 1.34. The van der Waals surface area contributed by atoms with Crippen molar-refractivity contribution >= 4 is 11.9 Å². The smallest absolute Gasteiger partial charge is 0.543 e. The summed E-state index contributed by atoms with van der Waals surface area (Å²) in [6.07, 6.45) is 0. The first kappa shape index (κ1) is 19.9. The summed E-state index contributed by atoms with van der Waals surface area (Å²) in [4.78, 5) is 47.8. The molecule has 0 amide bonds. The van der Waals surface area contributed by atoms with Crippen molar-refractivity contribution < 1.29 is 54.8 Å². The Labute approximate surface area is 128 Å². The van der Waals surface area contributed by atoms with Crippen LogP contribution in [0.4, 0.5) is 0 Å². The average Bonchev–Trinajstić information content (AvgIpc) is 2.15. The molecule has 0 fully saturated rings. The van der Waals surface area contributed by atoms with Gasteiger partial charge in [-0.2, -0.15) is 0 Å². The molecule has 0 saturated heterocycles. The summed E-state index contributed by atoms with van der Waals surface area (Å²) in [6.45, 7) is 2.29. The van der Waals surface area contributed by atoms with Crippen molar-refractivity contribution in [2.24, 2.45) is 0 Å². The van der Waals surface area contributed by atoms with Crippen molar-refractivity contribution in [3.05, 3.63) is 32.1 Å². The molecule has 10 heteroatoms. The summed E-state index contributed by atoms with van der Waals surface area (Å²) in [7, 11) is 0. The van der Waals surface area contributed by atoms with Gasteiger partial charge >= 0.3 is 41.2 Å². The molecule has 0 atom stereocenters. The molecule has 1 aromatic rings. The number of hydrogen-bond acceptors (Lipinski definition) is 5. The molecular weight excluding hydrogens is 271 g/mol. The van der Waals surface area contributed by atoms with E-state index in [9.17, 15) is 24.3 Å². The van der Waals surface area contributed by atoms with Crippen LogP contribution in [0.1, 0.15) is 29.9 Å².